The minimum atomic E-state index is -0.411. The number of carbonyl (C=O) groups excluding carboxylic acids is 1. The van der Waals surface area contributed by atoms with Crippen molar-refractivity contribution < 1.29 is 54.1 Å². The molecule has 1 heterocycles. The van der Waals surface area contributed by atoms with Gasteiger partial charge in [0.2, 0.25) is 0 Å². The van der Waals surface area contributed by atoms with E-state index in [1.54, 1.807) is 0 Å². The van der Waals surface area contributed by atoms with Crippen LogP contribution >= 0.6 is 0 Å². The number of amides is 1. The van der Waals surface area contributed by atoms with E-state index in [1.807, 2.05) is 86.5 Å². The van der Waals surface area contributed by atoms with Gasteiger partial charge < -0.3 is 9.80 Å². The van der Waals surface area contributed by atoms with Crippen molar-refractivity contribution in [2.24, 2.45) is 0 Å². The smallest absolute Gasteiger partial charge is 0.264 e. The Morgan fingerprint density at radius 2 is 1.29 bits per heavy atom. The molecule has 2 N–H and O–H groups in total. The SMILES string of the molecule is CN(C)c1ccc(CC2NC(Cc3ccc(N(C)C)cc3)N(O)C2=O)cc1.[Ac]. The van der Waals surface area contributed by atoms with Crippen molar-refractivity contribution in [2.45, 2.75) is 25.0 Å². The molecule has 3 rings (SSSR count). The van der Waals surface area contributed by atoms with E-state index < -0.39 is 12.2 Å². The zero-order valence-electron chi connectivity index (χ0n) is 17.0. The second-order valence-electron chi connectivity index (χ2n) is 7.45. The molecule has 0 aliphatic carbocycles. The first-order valence-electron chi connectivity index (χ1n) is 9.15. The molecule has 147 valence electrons. The van der Waals surface area contributed by atoms with Crippen LogP contribution in [-0.2, 0) is 17.6 Å². The molecule has 0 saturated carbocycles. The van der Waals surface area contributed by atoms with Crippen LogP contribution in [0, 0.1) is 44.1 Å². The minimum absolute atomic E-state index is 0. The van der Waals surface area contributed by atoms with Crippen molar-refractivity contribution >= 4 is 17.3 Å². The molecule has 6 nitrogen and oxygen atoms in total. The summed E-state index contributed by atoms with van der Waals surface area (Å²) in [5.74, 6) is -0.276. The van der Waals surface area contributed by atoms with Gasteiger partial charge in [-0.1, -0.05) is 24.3 Å². The fourth-order valence-corrected chi connectivity index (χ4v) is 3.30. The van der Waals surface area contributed by atoms with Gasteiger partial charge in [0.15, 0.2) is 0 Å². The van der Waals surface area contributed by atoms with Crippen LogP contribution in [0.3, 0.4) is 0 Å². The van der Waals surface area contributed by atoms with Crippen LogP contribution in [0.1, 0.15) is 11.1 Å². The third-order valence-electron chi connectivity index (χ3n) is 4.99. The Hall–Kier alpha value is -1.13. The van der Waals surface area contributed by atoms with Crippen LogP contribution in [0.5, 0.6) is 0 Å². The van der Waals surface area contributed by atoms with Gasteiger partial charge in [-0.2, -0.15) is 0 Å². The first kappa shape index (κ1) is 23.2. The van der Waals surface area contributed by atoms with Crippen molar-refractivity contribution in [2.75, 3.05) is 38.0 Å². The fourth-order valence-electron chi connectivity index (χ4n) is 3.30. The van der Waals surface area contributed by atoms with Crippen LogP contribution in [-0.4, -0.2) is 56.6 Å². The van der Waals surface area contributed by atoms with Gasteiger partial charge in [0.05, 0.1) is 6.04 Å². The Bertz CT molecular complexity index is 778. The average molecular weight is 595 g/mol. The van der Waals surface area contributed by atoms with Crippen LogP contribution < -0.4 is 15.1 Å². The molecule has 2 atom stereocenters. The van der Waals surface area contributed by atoms with Crippen molar-refractivity contribution in [3.8, 4) is 0 Å². The summed E-state index contributed by atoms with van der Waals surface area (Å²) in [7, 11) is 7.99. The van der Waals surface area contributed by atoms with Crippen LogP contribution in [0.25, 0.3) is 0 Å². The standard InChI is InChI=1S/C21H28N4O2.Ac/c1-23(2)17-9-5-15(6-10-17)13-19-21(26)25(27)20(22-19)14-16-7-11-18(12-8-16)24(3)4;/h5-12,19-20,22,27H,13-14H2,1-4H3;. The Morgan fingerprint density at radius 3 is 1.71 bits per heavy atom. The molecule has 2 aromatic carbocycles. The first-order chi connectivity index (χ1) is 12.8. The van der Waals surface area contributed by atoms with E-state index in [-0.39, 0.29) is 50.0 Å². The van der Waals surface area contributed by atoms with Crippen molar-refractivity contribution in [1.82, 2.24) is 10.4 Å². The summed E-state index contributed by atoms with van der Waals surface area (Å²) in [6, 6.07) is 15.9. The van der Waals surface area contributed by atoms with E-state index in [2.05, 4.69) is 5.32 Å². The molecule has 1 amide bonds. The molecular formula is C21H28AcN4O2. The van der Waals surface area contributed by atoms with Crippen LogP contribution in [0.4, 0.5) is 11.4 Å². The van der Waals surface area contributed by atoms with E-state index in [4.69, 9.17) is 0 Å². The summed E-state index contributed by atoms with van der Waals surface area (Å²) in [5, 5.41) is 14.3. The second-order valence-corrected chi connectivity index (χ2v) is 7.45. The fraction of sp³-hybridized carbons (Fsp3) is 0.381. The summed E-state index contributed by atoms with van der Waals surface area (Å²) in [5.41, 5.74) is 4.37. The zero-order chi connectivity index (χ0) is 19.6. The van der Waals surface area contributed by atoms with E-state index in [1.165, 1.54) is 0 Å². The molecule has 1 aliphatic heterocycles. The largest absolute Gasteiger partial charge is 0.378 e. The van der Waals surface area contributed by atoms with Gasteiger partial charge in [-0.3, -0.25) is 15.3 Å². The number of hydrogen-bond donors (Lipinski definition) is 2. The molecule has 1 fully saturated rings. The van der Waals surface area contributed by atoms with Gasteiger partial charge in [-0.15, -0.1) is 0 Å². The molecule has 2 unspecified atom stereocenters. The Kier molecular flexibility index (Phi) is 8.32. The van der Waals surface area contributed by atoms with E-state index in [0.29, 0.717) is 12.8 Å². The van der Waals surface area contributed by atoms with Crippen molar-refractivity contribution in [1.29, 1.82) is 0 Å². The predicted molar refractivity (Wildman–Crippen MR) is 108 cm³/mol. The summed E-state index contributed by atoms with van der Waals surface area (Å²) in [6.45, 7) is 0. The normalized spacial score (nSPS) is 18.8. The molecule has 1 saturated heterocycles. The number of anilines is 2. The number of hydrogen-bond acceptors (Lipinski definition) is 5. The summed E-state index contributed by atoms with van der Waals surface area (Å²) < 4.78 is 0. The number of rotatable bonds is 6. The quantitative estimate of drug-likeness (QED) is 0.502. The van der Waals surface area contributed by atoms with E-state index >= 15 is 0 Å². The van der Waals surface area contributed by atoms with Gasteiger partial charge in [-0.25, -0.2) is 5.06 Å². The third-order valence-corrected chi connectivity index (χ3v) is 4.99. The van der Waals surface area contributed by atoms with Gasteiger partial charge in [-0.05, 0) is 41.8 Å². The van der Waals surface area contributed by atoms with Crippen molar-refractivity contribution in [3.05, 3.63) is 59.7 Å². The third kappa shape index (κ3) is 5.48. The topological polar surface area (TPSA) is 59.1 Å². The summed E-state index contributed by atoms with van der Waals surface area (Å²) in [6.07, 6.45) is 0.708. The maximum atomic E-state index is 12.4. The van der Waals surface area contributed by atoms with Crippen molar-refractivity contribution in [3.63, 3.8) is 0 Å². The summed E-state index contributed by atoms with van der Waals surface area (Å²) in [4.78, 5) is 16.5. The molecule has 7 heteroatoms. The molecule has 0 spiro atoms. The zero-order valence-corrected chi connectivity index (χ0v) is 21.7. The molecular weight excluding hydrogens is 567 g/mol. The van der Waals surface area contributed by atoms with Gasteiger partial charge in [0, 0.05) is 90.0 Å². The number of hydroxylamine groups is 2. The Balaban J connectivity index is 0.00000280. The molecule has 0 bridgehead atoms. The monoisotopic (exact) mass is 595 g/mol. The maximum absolute atomic E-state index is 12.4. The molecule has 1 aliphatic rings. The van der Waals surface area contributed by atoms with Crippen LogP contribution in [0.15, 0.2) is 48.5 Å². The number of nitrogens with zero attached hydrogens (tertiary/aromatic N) is 3. The Morgan fingerprint density at radius 1 is 0.857 bits per heavy atom. The number of nitrogens with one attached hydrogen (secondary N) is 1. The van der Waals surface area contributed by atoms with E-state index in [0.717, 1.165) is 27.6 Å². The summed E-state index contributed by atoms with van der Waals surface area (Å²) >= 11 is 0. The van der Waals surface area contributed by atoms with Gasteiger partial charge in [0.1, 0.15) is 6.17 Å². The predicted octanol–water partition coefficient (Wildman–Crippen LogP) is 2.12. The van der Waals surface area contributed by atoms with Gasteiger partial charge in [0.25, 0.3) is 5.91 Å². The molecule has 0 aromatic heterocycles. The van der Waals surface area contributed by atoms with Crippen LogP contribution in [0.2, 0.25) is 0 Å². The maximum Gasteiger partial charge on any atom is 0.264 e. The van der Waals surface area contributed by atoms with E-state index in [9.17, 15) is 10.0 Å². The second kappa shape index (κ2) is 10.1. The molecule has 1 radical (unpaired) electrons. The minimum Gasteiger partial charge on any atom is -0.378 e. The first-order valence-corrected chi connectivity index (χ1v) is 9.15. The molecule has 28 heavy (non-hydrogen) atoms. The number of carbonyl (C=O) groups is 1. The average Bonchev–Trinajstić information content (AvgIpc) is 2.90. The molecule has 2 aromatic rings. The number of benzene rings is 2. The Labute approximate surface area is 203 Å². The van der Waals surface area contributed by atoms with Gasteiger partial charge >= 0.3 is 0 Å².